The summed E-state index contributed by atoms with van der Waals surface area (Å²) in [6.07, 6.45) is 2.30. The summed E-state index contributed by atoms with van der Waals surface area (Å²) in [7, 11) is 0. The second kappa shape index (κ2) is 8.79. The molecule has 1 heterocycles. The average Bonchev–Trinajstić information content (AvgIpc) is 3.57. The van der Waals surface area contributed by atoms with Gasteiger partial charge < -0.3 is 15.0 Å². The van der Waals surface area contributed by atoms with E-state index >= 15 is 0 Å². The van der Waals surface area contributed by atoms with Crippen LogP contribution in [0.4, 0.5) is 4.39 Å². The van der Waals surface area contributed by atoms with E-state index in [4.69, 9.17) is 4.74 Å². The van der Waals surface area contributed by atoms with E-state index in [9.17, 15) is 14.0 Å². The van der Waals surface area contributed by atoms with Crippen LogP contribution in [0.1, 0.15) is 32.3 Å². The van der Waals surface area contributed by atoms with E-state index in [1.165, 1.54) is 12.1 Å². The number of hydrogen-bond donors (Lipinski definition) is 1. The minimum Gasteiger partial charge on any atom is -0.361 e. The van der Waals surface area contributed by atoms with Crippen molar-refractivity contribution in [3.8, 4) is 11.1 Å². The van der Waals surface area contributed by atoms with Gasteiger partial charge in [0, 0.05) is 24.9 Å². The fraction of sp³-hybridized carbons (Fsp3) is 0.440. The van der Waals surface area contributed by atoms with Crippen LogP contribution in [0.25, 0.3) is 11.1 Å². The summed E-state index contributed by atoms with van der Waals surface area (Å²) in [5, 5.41) is 3.08. The SMILES string of the molecule is CC(C)C(=O)N1CCO[C@](Cc2cccc(-c3cccc(F)c3)c2)(C(=O)NC2CC2)C1. The molecule has 2 aromatic carbocycles. The lowest BCUT2D eigenvalue weighted by Crippen LogP contribution is -2.62. The lowest BCUT2D eigenvalue weighted by atomic mass is 9.89. The van der Waals surface area contributed by atoms with E-state index in [0.717, 1.165) is 29.5 Å². The van der Waals surface area contributed by atoms with Gasteiger partial charge in [-0.1, -0.05) is 50.2 Å². The molecule has 5 nitrogen and oxygen atoms in total. The van der Waals surface area contributed by atoms with Crippen LogP contribution in [0.5, 0.6) is 0 Å². The molecule has 2 amide bonds. The van der Waals surface area contributed by atoms with Crippen LogP contribution >= 0.6 is 0 Å². The zero-order valence-electron chi connectivity index (χ0n) is 18.1. The van der Waals surface area contributed by atoms with Crippen LogP contribution in [-0.2, 0) is 20.7 Å². The van der Waals surface area contributed by atoms with Crippen molar-refractivity contribution >= 4 is 11.8 Å². The van der Waals surface area contributed by atoms with Gasteiger partial charge in [0.25, 0.3) is 5.91 Å². The average molecular weight is 425 g/mol. The van der Waals surface area contributed by atoms with E-state index in [1.54, 1.807) is 11.0 Å². The standard InChI is InChI=1S/C25H29FN2O3/c1-17(2)23(29)28-11-12-31-25(16-28,24(30)27-22-9-10-22)15-18-5-3-6-19(13-18)20-7-4-8-21(26)14-20/h3-8,13-14,17,22H,9-12,15-16H2,1-2H3,(H,27,30)/t25-/m0/s1. The number of rotatable bonds is 6. The van der Waals surface area contributed by atoms with Gasteiger partial charge in [0.2, 0.25) is 5.91 Å². The smallest absolute Gasteiger partial charge is 0.254 e. The van der Waals surface area contributed by atoms with Crippen molar-refractivity contribution in [2.24, 2.45) is 5.92 Å². The molecule has 2 aromatic rings. The Morgan fingerprint density at radius 2 is 1.87 bits per heavy atom. The van der Waals surface area contributed by atoms with Gasteiger partial charge in [-0.3, -0.25) is 9.59 Å². The Bertz CT molecular complexity index is 973. The van der Waals surface area contributed by atoms with Gasteiger partial charge in [0.1, 0.15) is 5.82 Å². The molecule has 164 valence electrons. The molecule has 6 heteroatoms. The quantitative estimate of drug-likeness (QED) is 0.771. The summed E-state index contributed by atoms with van der Waals surface area (Å²) in [4.78, 5) is 27.7. The van der Waals surface area contributed by atoms with E-state index < -0.39 is 5.60 Å². The van der Waals surface area contributed by atoms with E-state index in [-0.39, 0.29) is 36.1 Å². The van der Waals surface area contributed by atoms with E-state index in [0.29, 0.717) is 19.6 Å². The number of nitrogens with zero attached hydrogens (tertiary/aromatic N) is 1. The van der Waals surface area contributed by atoms with Gasteiger partial charge in [-0.2, -0.15) is 0 Å². The number of morpholine rings is 1. The molecular weight excluding hydrogens is 395 g/mol. The second-order valence-corrected chi connectivity index (χ2v) is 8.89. The molecule has 1 saturated heterocycles. The Morgan fingerprint density at radius 3 is 2.55 bits per heavy atom. The first-order valence-corrected chi connectivity index (χ1v) is 10.9. The Labute approximate surface area is 182 Å². The fourth-order valence-corrected chi connectivity index (χ4v) is 4.07. The van der Waals surface area contributed by atoms with Crippen molar-refractivity contribution < 1.29 is 18.7 Å². The first-order valence-electron chi connectivity index (χ1n) is 10.9. The van der Waals surface area contributed by atoms with Crippen LogP contribution in [0.3, 0.4) is 0 Å². The van der Waals surface area contributed by atoms with Gasteiger partial charge in [-0.05, 0) is 41.7 Å². The molecule has 1 saturated carbocycles. The zero-order valence-corrected chi connectivity index (χ0v) is 18.1. The number of nitrogens with one attached hydrogen (secondary N) is 1. The molecule has 1 atom stereocenters. The topological polar surface area (TPSA) is 58.6 Å². The van der Waals surface area contributed by atoms with Gasteiger partial charge >= 0.3 is 0 Å². The molecule has 4 rings (SSSR count). The number of carbonyl (C=O) groups excluding carboxylic acids is 2. The Hall–Kier alpha value is -2.73. The van der Waals surface area contributed by atoms with Crippen LogP contribution in [0.15, 0.2) is 48.5 Å². The largest absolute Gasteiger partial charge is 0.361 e. The van der Waals surface area contributed by atoms with Crippen LogP contribution in [-0.4, -0.2) is 48.1 Å². The molecule has 2 aliphatic rings. The minimum atomic E-state index is -1.13. The van der Waals surface area contributed by atoms with E-state index in [2.05, 4.69) is 5.32 Å². The molecule has 0 radical (unpaired) electrons. The summed E-state index contributed by atoms with van der Waals surface area (Å²) in [6.45, 7) is 4.77. The number of benzene rings is 2. The van der Waals surface area contributed by atoms with E-state index in [1.807, 2.05) is 44.2 Å². The van der Waals surface area contributed by atoms with Crippen LogP contribution in [0.2, 0.25) is 0 Å². The van der Waals surface area contributed by atoms with Gasteiger partial charge in [0.15, 0.2) is 5.60 Å². The number of amides is 2. The Kier molecular flexibility index (Phi) is 6.10. The molecule has 0 spiro atoms. The predicted molar refractivity (Wildman–Crippen MR) is 117 cm³/mol. The summed E-state index contributed by atoms with van der Waals surface area (Å²) in [5.74, 6) is -0.562. The molecule has 31 heavy (non-hydrogen) atoms. The van der Waals surface area contributed by atoms with Crippen molar-refractivity contribution in [2.75, 3.05) is 19.7 Å². The third kappa shape index (κ3) is 4.96. The number of ether oxygens (including phenoxy) is 1. The highest BCUT2D eigenvalue weighted by molar-refractivity contribution is 5.88. The molecular formula is C25H29FN2O3. The molecule has 1 N–H and O–H groups in total. The van der Waals surface area contributed by atoms with Crippen LogP contribution in [0, 0.1) is 11.7 Å². The minimum absolute atomic E-state index is 0.0282. The van der Waals surface area contributed by atoms with Crippen molar-refractivity contribution in [1.29, 1.82) is 0 Å². The highest BCUT2D eigenvalue weighted by atomic mass is 19.1. The lowest BCUT2D eigenvalue weighted by molar-refractivity contribution is -0.167. The summed E-state index contributed by atoms with van der Waals surface area (Å²) < 4.78 is 19.8. The predicted octanol–water partition coefficient (Wildman–Crippen LogP) is 3.57. The van der Waals surface area contributed by atoms with Gasteiger partial charge in [0.05, 0.1) is 13.2 Å². The molecule has 0 bridgehead atoms. The maximum atomic E-state index is 13.7. The number of carbonyl (C=O) groups is 2. The fourth-order valence-electron chi connectivity index (χ4n) is 4.07. The molecule has 2 fully saturated rings. The second-order valence-electron chi connectivity index (χ2n) is 8.89. The lowest BCUT2D eigenvalue weighted by Gasteiger charge is -2.42. The van der Waals surface area contributed by atoms with Gasteiger partial charge in [-0.25, -0.2) is 4.39 Å². The maximum Gasteiger partial charge on any atom is 0.254 e. The van der Waals surface area contributed by atoms with Crippen molar-refractivity contribution in [1.82, 2.24) is 10.2 Å². The summed E-state index contributed by atoms with van der Waals surface area (Å²) in [5.41, 5.74) is 1.43. The van der Waals surface area contributed by atoms with Crippen LogP contribution < -0.4 is 5.32 Å². The van der Waals surface area contributed by atoms with Crippen molar-refractivity contribution in [3.63, 3.8) is 0 Å². The number of halogens is 1. The monoisotopic (exact) mass is 424 g/mol. The Morgan fingerprint density at radius 1 is 1.16 bits per heavy atom. The zero-order chi connectivity index (χ0) is 22.0. The highest BCUT2D eigenvalue weighted by Gasteiger charge is 2.46. The van der Waals surface area contributed by atoms with Gasteiger partial charge in [-0.15, -0.1) is 0 Å². The third-order valence-corrected chi connectivity index (χ3v) is 5.89. The normalized spacial score (nSPS) is 21.2. The molecule has 0 unspecified atom stereocenters. The third-order valence-electron chi connectivity index (χ3n) is 5.89. The molecule has 1 aliphatic carbocycles. The summed E-state index contributed by atoms with van der Waals surface area (Å²) in [6, 6.07) is 14.4. The first-order chi connectivity index (χ1) is 14.9. The summed E-state index contributed by atoms with van der Waals surface area (Å²) >= 11 is 0. The molecule has 0 aromatic heterocycles. The highest BCUT2D eigenvalue weighted by Crippen LogP contribution is 2.29. The maximum absolute atomic E-state index is 13.7. The first kappa shape index (κ1) is 21.5. The van der Waals surface area contributed by atoms with Crippen molar-refractivity contribution in [3.05, 3.63) is 59.9 Å². The number of hydrogen-bond acceptors (Lipinski definition) is 3. The Balaban J connectivity index is 1.62. The van der Waals surface area contributed by atoms with Crippen molar-refractivity contribution in [2.45, 2.75) is 44.8 Å². The molecule has 1 aliphatic heterocycles.